The van der Waals surface area contributed by atoms with E-state index in [1.54, 1.807) is 0 Å². The second-order valence-corrected chi connectivity index (χ2v) is 2.69. The van der Waals surface area contributed by atoms with Gasteiger partial charge < -0.3 is 0 Å². The second-order valence-electron chi connectivity index (χ2n) is 2.69. The number of carbonyl (C=O) groups is 1. The van der Waals surface area contributed by atoms with E-state index >= 15 is 0 Å². The number of halogens is 2. The molecule has 1 fully saturated rings. The van der Waals surface area contributed by atoms with E-state index in [2.05, 4.69) is 0 Å². The molecule has 0 heterocycles. The SMILES string of the molecule is NNC(=O)C1CCC1C(F)F. The topological polar surface area (TPSA) is 55.1 Å². The van der Waals surface area contributed by atoms with Gasteiger partial charge >= 0.3 is 0 Å². The van der Waals surface area contributed by atoms with Gasteiger partial charge in [0.15, 0.2) is 0 Å². The molecule has 0 saturated heterocycles. The molecule has 3 N–H and O–H groups in total. The summed E-state index contributed by atoms with van der Waals surface area (Å²) in [6.45, 7) is 0. The molecule has 0 aliphatic heterocycles. The monoisotopic (exact) mass is 164 g/mol. The fraction of sp³-hybridized carbons (Fsp3) is 0.833. The standard InChI is InChI=1S/C6H10F2N2O/c7-5(8)3-1-2-4(3)6(11)10-9/h3-5H,1-2,9H2,(H,10,11). The fourth-order valence-corrected chi connectivity index (χ4v) is 1.26. The van der Waals surface area contributed by atoms with Crippen LogP contribution in [-0.2, 0) is 4.79 Å². The normalized spacial score (nSPS) is 29.8. The highest BCUT2D eigenvalue weighted by atomic mass is 19.3. The summed E-state index contributed by atoms with van der Waals surface area (Å²) in [7, 11) is 0. The third kappa shape index (κ3) is 1.48. The molecule has 0 aromatic rings. The molecule has 64 valence electrons. The summed E-state index contributed by atoms with van der Waals surface area (Å²) in [5.74, 6) is 2.98. The Bertz CT molecular complexity index is 163. The maximum Gasteiger partial charge on any atom is 0.242 e. The number of nitrogens with two attached hydrogens (primary N) is 1. The number of hydrazine groups is 1. The van der Waals surface area contributed by atoms with E-state index in [0.717, 1.165) is 0 Å². The van der Waals surface area contributed by atoms with E-state index < -0.39 is 24.2 Å². The van der Waals surface area contributed by atoms with E-state index in [1.807, 2.05) is 5.43 Å². The highest BCUT2D eigenvalue weighted by molar-refractivity contribution is 5.79. The third-order valence-electron chi connectivity index (χ3n) is 2.13. The first-order valence-corrected chi connectivity index (χ1v) is 3.45. The van der Waals surface area contributed by atoms with Crippen molar-refractivity contribution in [3.63, 3.8) is 0 Å². The number of carbonyl (C=O) groups excluding carboxylic acids is 1. The van der Waals surface area contributed by atoms with E-state index in [1.165, 1.54) is 0 Å². The molecule has 3 nitrogen and oxygen atoms in total. The molecular formula is C6H10F2N2O. The number of hydrogen-bond donors (Lipinski definition) is 2. The summed E-state index contributed by atoms with van der Waals surface area (Å²) in [6.07, 6.45) is -1.45. The lowest BCUT2D eigenvalue weighted by atomic mass is 9.73. The molecule has 2 atom stereocenters. The average Bonchev–Trinajstić information content (AvgIpc) is 1.83. The van der Waals surface area contributed by atoms with Gasteiger partial charge in [-0.2, -0.15) is 0 Å². The molecule has 11 heavy (non-hydrogen) atoms. The van der Waals surface area contributed by atoms with Crippen LogP contribution in [0.5, 0.6) is 0 Å². The van der Waals surface area contributed by atoms with Crippen molar-refractivity contribution in [1.29, 1.82) is 0 Å². The lowest BCUT2D eigenvalue weighted by Gasteiger charge is -2.33. The summed E-state index contributed by atoms with van der Waals surface area (Å²) in [6, 6.07) is 0. The molecule has 1 amide bonds. The Hall–Kier alpha value is -0.710. The number of hydrogen-bond acceptors (Lipinski definition) is 2. The van der Waals surface area contributed by atoms with E-state index in [9.17, 15) is 13.6 Å². The molecule has 0 aromatic carbocycles. The smallest absolute Gasteiger partial charge is 0.242 e. The number of rotatable bonds is 2. The highest BCUT2D eigenvalue weighted by Gasteiger charge is 2.41. The third-order valence-corrected chi connectivity index (χ3v) is 2.13. The maximum atomic E-state index is 12.0. The number of alkyl halides is 2. The minimum absolute atomic E-state index is 0.426. The molecule has 1 saturated carbocycles. The van der Waals surface area contributed by atoms with Gasteiger partial charge in [-0.1, -0.05) is 0 Å². The van der Waals surface area contributed by atoms with Crippen LogP contribution < -0.4 is 11.3 Å². The first-order valence-electron chi connectivity index (χ1n) is 3.45. The van der Waals surface area contributed by atoms with Crippen LogP contribution in [0.15, 0.2) is 0 Å². The number of amides is 1. The Morgan fingerprint density at radius 3 is 2.45 bits per heavy atom. The average molecular weight is 164 g/mol. The zero-order valence-corrected chi connectivity index (χ0v) is 5.89. The van der Waals surface area contributed by atoms with Crippen molar-refractivity contribution in [2.45, 2.75) is 19.3 Å². The fourth-order valence-electron chi connectivity index (χ4n) is 1.26. The van der Waals surface area contributed by atoms with E-state index in [0.29, 0.717) is 12.8 Å². The van der Waals surface area contributed by atoms with Crippen LogP contribution in [0.4, 0.5) is 8.78 Å². The minimum Gasteiger partial charge on any atom is -0.294 e. The summed E-state index contributed by atoms with van der Waals surface area (Å²) < 4.78 is 24.0. The molecule has 0 spiro atoms. The molecule has 0 radical (unpaired) electrons. The van der Waals surface area contributed by atoms with Gasteiger partial charge in [-0.15, -0.1) is 0 Å². The van der Waals surface area contributed by atoms with Crippen molar-refractivity contribution in [1.82, 2.24) is 5.43 Å². The van der Waals surface area contributed by atoms with Gasteiger partial charge in [-0.3, -0.25) is 10.2 Å². The lowest BCUT2D eigenvalue weighted by molar-refractivity contribution is -0.135. The Morgan fingerprint density at radius 2 is 2.18 bits per heavy atom. The summed E-state index contributed by atoms with van der Waals surface area (Å²) in [5, 5.41) is 0. The molecule has 0 aromatic heterocycles. The molecule has 5 heteroatoms. The van der Waals surface area contributed by atoms with Gasteiger partial charge in [0.2, 0.25) is 12.3 Å². The van der Waals surface area contributed by atoms with Crippen LogP contribution >= 0.6 is 0 Å². The molecule has 2 unspecified atom stereocenters. The Balaban J connectivity index is 2.43. The molecule has 0 bridgehead atoms. The van der Waals surface area contributed by atoms with Crippen LogP contribution in [0.25, 0.3) is 0 Å². The van der Waals surface area contributed by atoms with Crippen LogP contribution in [-0.4, -0.2) is 12.3 Å². The van der Waals surface area contributed by atoms with Crippen molar-refractivity contribution in [2.75, 3.05) is 0 Å². The van der Waals surface area contributed by atoms with Gasteiger partial charge in [0.05, 0.1) is 0 Å². The molecular weight excluding hydrogens is 154 g/mol. The molecule has 1 rings (SSSR count). The van der Waals surface area contributed by atoms with Crippen LogP contribution in [0.2, 0.25) is 0 Å². The summed E-state index contributed by atoms with van der Waals surface area (Å²) in [5.41, 5.74) is 1.88. The second kappa shape index (κ2) is 3.13. The Labute approximate surface area is 62.9 Å². The summed E-state index contributed by atoms with van der Waals surface area (Å²) >= 11 is 0. The van der Waals surface area contributed by atoms with Crippen LogP contribution in [0.3, 0.4) is 0 Å². The number of nitrogens with one attached hydrogen (secondary N) is 1. The van der Waals surface area contributed by atoms with Gasteiger partial charge in [-0.25, -0.2) is 14.6 Å². The molecule has 1 aliphatic rings. The van der Waals surface area contributed by atoms with Crippen molar-refractivity contribution >= 4 is 5.91 Å². The quantitative estimate of drug-likeness (QED) is 0.349. The largest absolute Gasteiger partial charge is 0.294 e. The van der Waals surface area contributed by atoms with E-state index in [-0.39, 0.29) is 0 Å². The minimum atomic E-state index is -2.40. The Morgan fingerprint density at radius 1 is 1.55 bits per heavy atom. The summed E-state index contributed by atoms with van der Waals surface area (Å²) in [4.78, 5) is 10.7. The van der Waals surface area contributed by atoms with Crippen molar-refractivity contribution < 1.29 is 13.6 Å². The first-order chi connectivity index (χ1) is 5.16. The van der Waals surface area contributed by atoms with Gasteiger partial charge in [0.1, 0.15) is 0 Å². The van der Waals surface area contributed by atoms with Gasteiger partial charge in [0.25, 0.3) is 0 Å². The lowest BCUT2D eigenvalue weighted by Crippen LogP contribution is -2.45. The maximum absolute atomic E-state index is 12.0. The van der Waals surface area contributed by atoms with Crippen LogP contribution in [0, 0.1) is 11.8 Å². The van der Waals surface area contributed by atoms with E-state index in [4.69, 9.17) is 5.84 Å². The predicted octanol–water partition coefficient (Wildman–Crippen LogP) is 0.268. The highest BCUT2D eigenvalue weighted by Crippen LogP contribution is 2.38. The van der Waals surface area contributed by atoms with Gasteiger partial charge in [-0.05, 0) is 12.8 Å². The zero-order valence-electron chi connectivity index (χ0n) is 5.89. The zero-order chi connectivity index (χ0) is 8.43. The van der Waals surface area contributed by atoms with Crippen molar-refractivity contribution in [3.05, 3.63) is 0 Å². The first kappa shape index (κ1) is 8.39. The molecule has 1 aliphatic carbocycles. The van der Waals surface area contributed by atoms with Crippen molar-refractivity contribution in [3.8, 4) is 0 Å². The van der Waals surface area contributed by atoms with Crippen molar-refractivity contribution in [2.24, 2.45) is 17.7 Å². The predicted molar refractivity (Wildman–Crippen MR) is 34.5 cm³/mol. The van der Waals surface area contributed by atoms with Crippen LogP contribution in [0.1, 0.15) is 12.8 Å². The van der Waals surface area contributed by atoms with Gasteiger partial charge in [0, 0.05) is 11.8 Å². The Kier molecular flexibility index (Phi) is 2.38.